The third kappa shape index (κ3) is 5.95. The lowest BCUT2D eigenvalue weighted by Gasteiger charge is -2.13. The highest BCUT2D eigenvalue weighted by atomic mass is 32.2. The van der Waals surface area contributed by atoms with Crippen LogP contribution in [0.3, 0.4) is 0 Å². The van der Waals surface area contributed by atoms with Crippen LogP contribution in [0.25, 0.3) is 0 Å². The minimum Gasteiger partial charge on any atom is -0.363 e. The van der Waals surface area contributed by atoms with Gasteiger partial charge in [0.25, 0.3) is 5.69 Å². The van der Waals surface area contributed by atoms with E-state index in [-0.39, 0.29) is 10.7 Å². The molecule has 0 heterocycles. The van der Waals surface area contributed by atoms with Crippen molar-refractivity contribution in [3.8, 4) is 0 Å². The molecule has 22 heavy (non-hydrogen) atoms. The second kappa shape index (κ2) is 7.51. The van der Waals surface area contributed by atoms with Crippen molar-refractivity contribution >= 4 is 49.1 Å². The fraction of sp³-hybridized carbons (Fsp3) is 0.273. The molecule has 0 spiro atoms. The van der Waals surface area contributed by atoms with Crippen molar-refractivity contribution in [2.45, 2.75) is 0 Å². The lowest BCUT2D eigenvalue weighted by molar-refractivity contribution is -0.384. The van der Waals surface area contributed by atoms with Gasteiger partial charge in [0.2, 0.25) is 0 Å². The Labute approximate surface area is 137 Å². The first-order chi connectivity index (χ1) is 10.1. The number of non-ortho nitro benzene ring substituents is 1. The standard InChI is InChI=1S/C11H13N3O5S3/c1-13(2)11(20)21-10(12-19-22(3,17)18)8-5-4-6-9(7-8)14(15)16/h4-7H,1-3H3/b12-10-. The number of nitro benzene ring substituents is 1. The van der Waals surface area contributed by atoms with E-state index in [4.69, 9.17) is 12.2 Å². The molecule has 0 N–H and O–H groups in total. The largest absolute Gasteiger partial charge is 0.363 e. The van der Waals surface area contributed by atoms with Crippen molar-refractivity contribution in [2.24, 2.45) is 5.16 Å². The van der Waals surface area contributed by atoms with Gasteiger partial charge in [0, 0.05) is 31.8 Å². The molecular formula is C11H13N3O5S3. The normalized spacial score (nSPS) is 11.9. The molecule has 0 bridgehead atoms. The summed E-state index contributed by atoms with van der Waals surface area (Å²) in [5.41, 5.74) is 0.174. The molecule has 0 atom stereocenters. The predicted molar refractivity (Wildman–Crippen MR) is 89.4 cm³/mol. The van der Waals surface area contributed by atoms with Gasteiger partial charge in [-0.25, -0.2) is 0 Å². The molecule has 1 aromatic rings. The maximum atomic E-state index is 11.1. The van der Waals surface area contributed by atoms with E-state index in [0.29, 0.717) is 9.88 Å². The van der Waals surface area contributed by atoms with Crippen LogP contribution in [0.5, 0.6) is 0 Å². The number of nitrogens with zero attached hydrogens (tertiary/aromatic N) is 3. The SMILES string of the molecule is CN(C)C(=S)S/C(=N\OS(C)(=O)=O)c1cccc([N+](=O)[O-])c1. The van der Waals surface area contributed by atoms with Gasteiger partial charge in [-0.05, 0) is 11.8 Å². The number of thiocarbonyl (C=S) groups is 1. The van der Waals surface area contributed by atoms with Gasteiger partial charge < -0.3 is 4.90 Å². The van der Waals surface area contributed by atoms with Crippen molar-refractivity contribution in [1.29, 1.82) is 0 Å². The molecule has 120 valence electrons. The molecule has 0 radical (unpaired) electrons. The zero-order valence-corrected chi connectivity index (χ0v) is 14.4. The minimum atomic E-state index is -3.80. The van der Waals surface area contributed by atoms with E-state index < -0.39 is 15.0 Å². The maximum Gasteiger partial charge on any atom is 0.325 e. The van der Waals surface area contributed by atoms with E-state index in [1.807, 2.05) is 0 Å². The molecule has 0 fully saturated rings. The molecule has 0 aliphatic heterocycles. The average molecular weight is 363 g/mol. The molecule has 0 amide bonds. The third-order valence-electron chi connectivity index (χ3n) is 2.11. The van der Waals surface area contributed by atoms with Crippen LogP contribution in [0.1, 0.15) is 5.56 Å². The first-order valence-electron chi connectivity index (χ1n) is 5.70. The van der Waals surface area contributed by atoms with Crippen LogP contribution in [0.2, 0.25) is 0 Å². The van der Waals surface area contributed by atoms with Gasteiger partial charge in [-0.3, -0.25) is 14.4 Å². The molecule has 0 aliphatic carbocycles. The van der Waals surface area contributed by atoms with E-state index in [0.717, 1.165) is 18.0 Å². The molecular weight excluding hydrogens is 350 g/mol. The maximum absolute atomic E-state index is 11.1. The molecule has 1 aromatic carbocycles. The Hall–Kier alpha value is -1.72. The first-order valence-corrected chi connectivity index (χ1v) is 8.75. The second-order valence-electron chi connectivity index (χ2n) is 4.24. The Morgan fingerprint density at radius 2 is 2.09 bits per heavy atom. The molecule has 1 rings (SSSR count). The first kappa shape index (κ1) is 18.3. The predicted octanol–water partition coefficient (Wildman–Crippen LogP) is 1.81. The summed E-state index contributed by atoms with van der Waals surface area (Å²) in [6.45, 7) is 0. The summed E-state index contributed by atoms with van der Waals surface area (Å²) in [6, 6.07) is 5.58. The molecule has 0 unspecified atom stereocenters. The number of thioether (sulfide) groups is 1. The molecule has 8 nitrogen and oxygen atoms in total. The van der Waals surface area contributed by atoms with E-state index >= 15 is 0 Å². The smallest absolute Gasteiger partial charge is 0.325 e. The van der Waals surface area contributed by atoms with Gasteiger partial charge in [0.15, 0.2) is 5.04 Å². The molecule has 0 aliphatic rings. The highest BCUT2D eigenvalue weighted by Gasteiger charge is 2.15. The van der Waals surface area contributed by atoms with Crippen molar-refractivity contribution < 1.29 is 17.6 Å². The molecule has 0 saturated heterocycles. The summed E-state index contributed by atoms with van der Waals surface area (Å²) in [6.07, 6.45) is 0.844. The van der Waals surface area contributed by atoms with Gasteiger partial charge in [0.05, 0.1) is 11.2 Å². The van der Waals surface area contributed by atoms with E-state index in [1.165, 1.54) is 18.2 Å². The fourth-order valence-corrected chi connectivity index (χ4v) is 2.32. The number of oxime groups is 1. The number of nitro groups is 1. The van der Waals surface area contributed by atoms with Gasteiger partial charge in [-0.2, -0.15) is 8.42 Å². The van der Waals surface area contributed by atoms with Crippen molar-refractivity contribution in [2.75, 3.05) is 20.4 Å². The summed E-state index contributed by atoms with van der Waals surface area (Å²) < 4.78 is 27.0. The van der Waals surface area contributed by atoms with Crippen LogP contribution in [-0.2, 0) is 14.4 Å². The van der Waals surface area contributed by atoms with Gasteiger partial charge in [-0.1, -0.05) is 29.5 Å². The highest BCUT2D eigenvalue weighted by Crippen LogP contribution is 2.21. The van der Waals surface area contributed by atoms with Crippen LogP contribution >= 0.6 is 24.0 Å². The zero-order valence-electron chi connectivity index (χ0n) is 11.9. The average Bonchev–Trinajstić information content (AvgIpc) is 2.42. The van der Waals surface area contributed by atoms with E-state index in [9.17, 15) is 18.5 Å². The molecule has 11 heteroatoms. The minimum absolute atomic E-state index is 0.104. The highest BCUT2D eigenvalue weighted by molar-refractivity contribution is 8.33. The van der Waals surface area contributed by atoms with Crippen LogP contribution in [0.15, 0.2) is 29.4 Å². The van der Waals surface area contributed by atoms with Crippen molar-refractivity contribution in [3.63, 3.8) is 0 Å². The summed E-state index contributed by atoms with van der Waals surface area (Å²) in [4.78, 5) is 11.9. The third-order valence-corrected chi connectivity index (χ3v) is 4.11. The quantitative estimate of drug-likeness (QED) is 0.262. The van der Waals surface area contributed by atoms with E-state index in [2.05, 4.69) is 9.44 Å². The van der Waals surface area contributed by atoms with Crippen LogP contribution in [-0.4, -0.2) is 48.0 Å². The lowest BCUT2D eigenvalue weighted by Crippen LogP contribution is -2.18. The molecule has 0 saturated carbocycles. The zero-order chi connectivity index (χ0) is 16.9. The van der Waals surface area contributed by atoms with Crippen molar-refractivity contribution in [3.05, 3.63) is 39.9 Å². The Balaban J connectivity index is 3.22. The Bertz CT molecular complexity index is 715. The van der Waals surface area contributed by atoms with Crippen LogP contribution in [0.4, 0.5) is 5.69 Å². The Morgan fingerprint density at radius 1 is 1.45 bits per heavy atom. The summed E-state index contributed by atoms with van der Waals surface area (Å²) in [5, 5.41) is 14.5. The lowest BCUT2D eigenvalue weighted by atomic mass is 10.2. The number of benzene rings is 1. The van der Waals surface area contributed by atoms with Gasteiger partial charge in [-0.15, -0.1) is 0 Å². The van der Waals surface area contributed by atoms with E-state index in [1.54, 1.807) is 25.1 Å². The summed E-state index contributed by atoms with van der Waals surface area (Å²) in [7, 11) is -0.389. The van der Waals surface area contributed by atoms with Crippen LogP contribution < -0.4 is 0 Å². The second-order valence-corrected chi connectivity index (χ2v) is 7.42. The number of hydrogen-bond acceptors (Lipinski definition) is 8. The topological polar surface area (TPSA) is 102 Å². The summed E-state index contributed by atoms with van der Waals surface area (Å²) >= 11 is 6.08. The Kier molecular flexibility index (Phi) is 6.26. The molecule has 0 aromatic heterocycles. The number of rotatable bonds is 4. The fourth-order valence-electron chi connectivity index (χ4n) is 1.16. The van der Waals surface area contributed by atoms with Crippen LogP contribution in [0, 0.1) is 10.1 Å². The van der Waals surface area contributed by atoms with Gasteiger partial charge in [0.1, 0.15) is 4.32 Å². The summed E-state index contributed by atoms with van der Waals surface area (Å²) in [5.74, 6) is 0. The van der Waals surface area contributed by atoms with Crippen molar-refractivity contribution in [1.82, 2.24) is 4.90 Å². The monoisotopic (exact) mass is 363 g/mol. The number of hydrogen-bond donors (Lipinski definition) is 0. The Morgan fingerprint density at radius 3 is 2.59 bits per heavy atom. The van der Waals surface area contributed by atoms with Gasteiger partial charge >= 0.3 is 10.1 Å².